The van der Waals surface area contributed by atoms with Crippen molar-refractivity contribution in [3.05, 3.63) is 0 Å². The first-order valence-electron chi connectivity index (χ1n) is 7.15. The summed E-state index contributed by atoms with van der Waals surface area (Å²) in [4.78, 5) is 2.34. The van der Waals surface area contributed by atoms with E-state index in [9.17, 15) is 10.4 Å². The average molecular weight is 250 g/mol. The standard InChI is InChI=1S/C14H22N2O2/c1-2-16-7-5-14(17,6-8-16)13(10-15)9-11-3-4-12(13)18-11/h11-12,17H,2-9H2,1H3. The zero-order chi connectivity index (χ0) is 12.8. The first-order chi connectivity index (χ1) is 8.63. The highest BCUT2D eigenvalue weighted by Gasteiger charge is 2.63. The zero-order valence-corrected chi connectivity index (χ0v) is 11.1. The molecule has 3 aliphatic rings. The van der Waals surface area contributed by atoms with Crippen molar-refractivity contribution in [2.75, 3.05) is 19.6 Å². The van der Waals surface area contributed by atoms with E-state index in [1.165, 1.54) is 0 Å². The van der Waals surface area contributed by atoms with Crippen LogP contribution in [-0.4, -0.2) is 47.4 Å². The summed E-state index contributed by atoms with van der Waals surface area (Å²) in [5, 5.41) is 20.7. The van der Waals surface area contributed by atoms with Crippen LogP contribution in [0.25, 0.3) is 0 Å². The molecule has 0 aromatic heterocycles. The number of fused-ring (bicyclic) bond motifs is 2. The smallest absolute Gasteiger partial charge is 0.115 e. The number of rotatable bonds is 2. The van der Waals surface area contributed by atoms with Gasteiger partial charge in [0.2, 0.25) is 0 Å². The van der Waals surface area contributed by atoms with Gasteiger partial charge in [0, 0.05) is 13.1 Å². The Labute approximate surface area is 109 Å². The Morgan fingerprint density at radius 3 is 2.56 bits per heavy atom. The van der Waals surface area contributed by atoms with Gasteiger partial charge in [0.15, 0.2) is 0 Å². The Balaban J connectivity index is 1.83. The Hall–Kier alpha value is -0.630. The van der Waals surface area contributed by atoms with Gasteiger partial charge in [-0.3, -0.25) is 0 Å². The number of aliphatic hydroxyl groups is 1. The van der Waals surface area contributed by atoms with Gasteiger partial charge < -0.3 is 14.7 Å². The van der Waals surface area contributed by atoms with Crippen LogP contribution in [0.5, 0.6) is 0 Å². The van der Waals surface area contributed by atoms with E-state index < -0.39 is 11.0 Å². The monoisotopic (exact) mass is 250 g/mol. The Kier molecular flexibility index (Phi) is 2.89. The third kappa shape index (κ3) is 1.54. The maximum Gasteiger partial charge on any atom is 0.115 e. The zero-order valence-electron chi connectivity index (χ0n) is 11.1. The minimum absolute atomic E-state index is 0.0364. The molecular weight excluding hydrogens is 228 g/mol. The van der Waals surface area contributed by atoms with Gasteiger partial charge in [-0.25, -0.2) is 0 Å². The van der Waals surface area contributed by atoms with Crippen molar-refractivity contribution < 1.29 is 9.84 Å². The van der Waals surface area contributed by atoms with Gasteiger partial charge in [0.25, 0.3) is 0 Å². The third-order valence-electron chi connectivity index (χ3n) is 5.37. The van der Waals surface area contributed by atoms with Gasteiger partial charge in [-0.15, -0.1) is 0 Å². The van der Waals surface area contributed by atoms with Crippen LogP contribution < -0.4 is 0 Å². The minimum Gasteiger partial charge on any atom is -0.388 e. The number of piperidine rings is 1. The first kappa shape index (κ1) is 12.4. The van der Waals surface area contributed by atoms with Crippen molar-refractivity contribution in [3.63, 3.8) is 0 Å². The third-order valence-corrected chi connectivity index (χ3v) is 5.37. The lowest BCUT2D eigenvalue weighted by Crippen LogP contribution is -2.58. The molecule has 3 heterocycles. The Morgan fingerprint density at radius 1 is 1.39 bits per heavy atom. The molecule has 3 rings (SSSR count). The summed E-state index contributed by atoms with van der Waals surface area (Å²) in [6.45, 7) is 4.96. The lowest BCUT2D eigenvalue weighted by Gasteiger charge is -2.48. The molecule has 0 saturated carbocycles. The van der Waals surface area contributed by atoms with E-state index in [1.807, 2.05) is 0 Å². The first-order valence-corrected chi connectivity index (χ1v) is 7.15. The van der Waals surface area contributed by atoms with Crippen LogP contribution >= 0.6 is 0 Å². The molecule has 0 spiro atoms. The van der Waals surface area contributed by atoms with Crippen LogP contribution in [0.2, 0.25) is 0 Å². The molecule has 0 aromatic rings. The quantitative estimate of drug-likeness (QED) is 0.802. The van der Waals surface area contributed by atoms with Crippen molar-refractivity contribution in [1.82, 2.24) is 4.90 Å². The maximum absolute atomic E-state index is 11.0. The summed E-state index contributed by atoms with van der Waals surface area (Å²) in [6.07, 6.45) is 4.33. The van der Waals surface area contributed by atoms with E-state index in [1.54, 1.807) is 0 Å². The van der Waals surface area contributed by atoms with Crippen LogP contribution in [0.3, 0.4) is 0 Å². The summed E-state index contributed by atoms with van der Waals surface area (Å²) in [5.74, 6) is 0. The number of hydrogen-bond donors (Lipinski definition) is 1. The molecule has 18 heavy (non-hydrogen) atoms. The summed E-state index contributed by atoms with van der Waals surface area (Å²) in [5.41, 5.74) is -1.48. The molecule has 0 amide bonds. The normalized spacial score (nSPS) is 42.9. The summed E-state index contributed by atoms with van der Waals surface area (Å²) < 4.78 is 5.85. The second-order valence-corrected chi connectivity index (χ2v) is 6.08. The Bertz CT molecular complexity index is 370. The van der Waals surface area contributed by atoms with E-state index >= 15 is 0 Å². The fourth-order valence-corrected chi connectivity index (χ4v) is 4.11. The SMILES string of the molecule is CCN1CCC(O)(C2(C#N)CC3CCC2O3)CC1. The number of hydrogen-bond acceptors (Lipinski definition) is 4. The fourth-order valence-electron chi connectivity index (χ4n) is 4.11. The molecule has 4 nitrogen and oxygen atoms in total. The lowest BCUT2D eigenvalue weighted by atomic mass is 9.61. The maximum atomic E-state index is 11.0. The molecule has 3 atom stereocenters. The van der Waals surface area contributed by atoms with Crippen molar-refractivity contribution >= 4 is 0 Å². The Morgan fingerprint density at radius 2 is 2.11 bits per heavy atom. The lowest BCUT2D eigenvalue weighted by molar-refractivity contribution is -0.118. The van der Waals surface area contributed by atoms with Crippen molar-refractivity contribution in [1.29, 1.82) is 5.26 Å². The number of nitriles is 1. The van der Waals surface area contributed by atoms with Crippen LogP contribution in [-0.2, 0) is 4.74 Å². The van der Waals surface area contributed by atoms with E-state index in [2.05, 4.69) is 17.9 Å². The molecular formula is C14H22N2O2. The van der Waals surface area contributed by atoms with Gasteiger partial charge >= 0.3 is 0 Å². The predicted molar refractivity (Wildman–Crippen MR) is 66.9 cm³/mol. The second kappa shape index (κ2) is 4.19. The van der Waals surface area contributed by atoms with Gasteiger partial charge in [-0.1, -0.05) is 6.92 Å². The molecule has 0 aromatic carbocycles. The highest BCUT2D eigenvalue weighted by Crippen LogP contribution is 2.55. The summed E-state index contributed by atoms with van der Waals surface area (Å²) in [6, 6.07) is 2.46. The van der Waals surface area contributed by atoms with Crippen LogP contribution in [0, 0.1) is 16.7 Å². The summed E-state index contributed by atoms with van der Waals surface area (Å²) in [7, 11) is 0. The van der Waals surface area contributed by atoms with Gasteiger partial charge in [-0.05, 0) is 38.6 Å². The molecule has 4 heteroatoms. The predicted octanol–water partition coefficient (Wildman–Crippen LogP) is 1.29. The van der Waals surface area contributed by atoms with Crippen LogP contribution in [0.4, 0.5) is 0 Å². The van der Waals surface area contributed by atoms with E-state index in [4.69, 9.17) is 4.74 Å². The van der Waals surface area contributed by atoms with E-state index in [0.29, 0.717) is 12.8 Å². The molecule has 2 bridgehead atoms. The van der Waals surface area contributed by atoms with Gasteiger partial charge in [0.1, 0.15) is 5.41 Å². The van der Waals surface area contributed by atoms with Crippen molar-refractivity contribution in [2.24, 2.45) is 5.41 Å². The molecule has 3 saturated heterocycles. The molecule has 1 N–H and O–H groups in total. The van der Waals surface area contributed by atoms with Crippen molar-refractivity contribution in [2.45, 2.75) is 56.8 Å². The van der Waals surface area contributed by atoms with Gasteiger partial charge in [0.05, 0.1) is 23.9 Å². The number of nitrogens with zero attached hydrogens (tertiary/aromatic N) is 2. The molecule has 3 aliphatic heterocycles. The van der Waals surface area contributed by atoms with E-state index in [0.717, 1.165) is 38.9 Å². The highest BCUT2D eigenvalue weighted by atomic mass is 16.5. The topological polar surface area (TPSA) is 56.5 Å². The molecule has 100 valence electrons. The number of likely N-dealkylation sites (tertiary alicyclic amines) is 1. The van der Waals surface area contributed by atoms with Gasteiger partial charge in [-0.2, -0.15) is 5.26 Å². The van der Waals surface area contributed by atoms with E-state index in [-0.39, 0.29) is 12.2 Å². The molecule has 3 fully saturated rings. The number of ether oxygens (including phenoxy) is 1. The molecule has 3 unspecified atom stereocenters. The largest absolute Gasteiger partial charge is 0.388 e. The molecule has 0 aliphatic carbocycles. The minimum atomic E-state index is -0.840. The van der Waals surface area contributed by atoms with Crippen LogP contribution in [0.1, 0.15) is 39.0 Å². The summed E-state index contributed by atoms with van der Waals surface area (Å²) >= 11 is 0. The molecule has 0 radical (unpaired) electrons. The fraction of sp³-hybridized carbons (Fsp3) is 0.929. The highest BCUT2D eigenvalue weighted by molar-refractivity contribution is 5.21. The van der Waals surface area contributed by atoms with Crippen molar-refractivity contribution in [3.8, 4) is 6.07 Å². The second-order valence-electron chi connectivity index (χ2n) is 6.08. The average Bonchev–Trinajstić information content (AvgIpc) is 3.00. The van der Waals surface area contributed by atoms with Crippen LogP contribution in [0.15, 0.2) is 0 Å².